The molecule has 0 radical (unpaired) electrons. The molecule has 10 heteroatoms. The summed E-state index contributed by atoms with van der Waals surface area (Å²) in [7, 11) is -9.24. The van der Waals surface area contributed by atoms with Gasteiger partial charge in [0.15, 0.2) is 0 Å². The largest absolute Gasteiger partial charge is 1.00 e. The molecule has 0 heterocycles. The van der Waals surface area contributed by atoms with Gasteiger partial charge in [-0.1, -0.05) is 0 Å². The summed E-state index contributed by atoms with van der Waals surface area (Å²) in [5.74, 6) is 0. The molecule has 2 N–H and O–H groups in total. The summed E-state index contributed by atoms with van der Waals surface area (Å²) in [5, 5.41) is -1.65. The van der Waals surface area contributed by atoms with E-state index in [4.69, 9.17) is 9.11 Å². The summed E-state index contributed by atoms with van der Waals surface area (Å²) >= 11 is 0. The smallest absolute Gasteiger partial charge is 1.00 e. The third kappa shape index (κ3) is 18.2. The van der Waals surface area contributed by atoms with Gasteiger partial charge in [0.1, 0.15) is 0 Å². The Kier molecular flexibility index (Phi) is 9.17. The van der Waals surface area contributed by atoms with E-state index < -0.39 is 25.3 Å². The minimum atomic E-state index is -4.62. The summed E-state index contributed by atoms with van der Waals surface area (Å²) in [6, 6.07) is 0. The van der Waals surface area contributed by atoms with Crippen LogP contribution in [0, 0.1) is 0 Å². The zero-order chi connectivity index (χ0) is 7.71. The van der Waals surface area contributed by atoms with Crippen molar-refractivity contribution in [2.45, 2.75) is 0 Å². The van der Waals surface area contributed by atoms with E-state index in [-0.39, 0.29) is 40.6 Å². The quantitative estimate of drug-likeness (QED) is 0.332. The Morgan fingerprint density at radius 1 is 0.909 bits per heavy atom. The van der Waals surface area contributed by atoms with Gasteiger partial charge in [-0.25, -0.2) is 0 Å². The molecule has 0 aliphatic carbocycles. The Labute approximate surface area is 91.6 Å². The zero-order valence-electron chi connectivity index (χ0n) is 8.05. The molecular formula is CH6Li2O6S2. The molecule has 6 nitrogen and oxygen atoms in total. The Morgan fingerprint density at radius 2 is 1.09 bits per heavy atom. The summed E-state index contributed by atoms with van der Waals surface area (Å²) in [5.41, 5.74) is 0. The fourth-order valence-electron chi connectivity index (χ4n) is 0.188. The summed E-state index contributed by atoms with van der Waals surface area (Å²) < 4.78 is 54.2. The molecule has 0 atom stereocenters. The molecule has 0 saturated carbocycles. The summed E-state index contributed by atoms with van der Waals surface area (Å²) in [6.07, 6.45) is 0. The Bertz CT molecular complexity index is 252. The fraction of sp³-hybridized carbons (Fsp3) is 1.00. The first-order valence-corrected chi connectivity index (χ1v) is 4.83. The Balaban J connectivity index is -0.0000000533. The van der Waals surface area contributed by atoms with E-state index in [1.54, 1.807) is 0 Å². The van der Waals surface area contributed by atoms with E-state index >= 15 is 0 Å². The second-order valence-corrected chi connectivity index (χ2v) is 4.55. The van der Waals surface area contributed by atoms with Gasteiger partial charge in [-0.15, -0.1) is 0 Å². The van der Waals surface area contributed by atoms with Crippen LogP contribution in [-0.2, 0) is 20.2 Å². The van der Waals surface area contributed by atoms with Crippen molar-refractivity contribution in [3.63, 3.8) is 0 Å². The van der Waals surface area contributed by atoms with Crippen LogP contribution < -0.4 is 37.7 Å². The molecule has 0 amide bonds. The number of hydrogen-bond acceptors (Lipinski definition) is 4. The molecule has 0 fully saturated rings. The summed E-state index contributed by atoms with van der Waals surface area (Å²) in [6.45, 7) is 0. The summed E-state index contributed by atoms with van der Waals surface area (Å²) in [4.78, 5) is 0. The third-order valence-electron chi connectivity index (χ3n) is 0.298. The first-order chi connectivity index (χ1) is 3.71. The van der Waals surface area contributed by atoms with Gasteiger partial charge >= 0.3 is 37.7 Å². The van der Waals surface area contributed by atoms with Crippen LogP contribution >= 0.6 is 0 Å². The maximum absolute atomic E-state index is 9.66. The number of rotatable bonds is 2. The predicted molar refractivity (Wildman–Crippen MR) is 30.2 cm³/mol. The maximum Gasteiger partial charge on any atom is 1.00 e. The van der Waals surface area contributed by atoms with Crippen molar-refractivity contribution in [2.75, 3.05) is 5.08 Å². The second kappa shape index (κ2) is 5.62. The van der Waals surface area contributed by atoms with E-state index in [0.29, 0.717) is 0 Å². The topological polar surface area (TPSA) is 109 Å². The van der Waals surface area contributed by atoms with Gasteiger partial charge < -0.3 is 2.85 Å². The molecule has 0 aliphatic rings. The van der Waals surface area contributed by atoms with E-state index in [0.717, 1.165) is 0 Å². The van der Waals surface area contributed by atoms with Crippen molar-refractivity contribution in [1.82, 2.24) is 0 Å². The molecule has 0 unspecified atom stereocenters. The molecular weight excluding hydrogens is 186 g/mol. The van der Waals surface area contributed by atoms with E-state index in [1.807, 2.05) is 0 Å². The van der Waals surface area contributed by atoms with Crippen LogP contribution in [-0.4, -0.2) is 31.0 Å². The van der Waals surface area contributed by atoms with Gasteiger partial charge in [0, 0.05) is 0 Å². The van der Waals surface area contributed by atoms with Crippen molar-refractivity contribution in [1.29, 1.82) is 0 Å². The van der Waals surface area contributed by atoms with Gasteiger partial charge in [0.2, 0.25) is 5.08 Å². The Morgan fingerprint density at radius 3 is 1.09 bits per heavy atom. The SMILES string of the molecule is O=S(=O)(O)CS(=O)(=O)O.[H-].[H-].[Li+].[Li+]. The average Bonchev–Trinajstić information content (AvgIpc) is 1.14. The van der Waals surface area contributed by atoms with Crippen LogP contribution in [0.1, 0.15) is 2.85 Å². The van der Waals surface area contributed by atoms with Crippen LogP contribution in [0.2, 0.25) is 0 Å². The van der Waals surface area contributed by atoms with Gasteiger partial charge in [-0.3, -0.25) is 9.11 Å². The molecule has 0 spiro atoms. The molecule has 0 bridgehead atoms. The molecule has 0 aromatic carbocycles. The van der Waals surface area contributed by atoms with E-state index in [2.05, 4.69) is 0 Å². The maximum atomic E-state index is 9.66. The van der Waals surface area contributed by atoms with Gasteiger partial charge in [0.05, 0.1) is 0 Å². The molecule has 60 valence electrons. The van der Waals surface area contributed by atoms with Crippen molar-refractivity contribution in [3.8, 4) is 0 Å². The van der Waals surface area contributed by atoms with Crippen LogP contribution in [0.4, 0.5) is 0 Å². The minimum absolute atomic E-state index is 0. The fourth-order valence-corrected chi connectivity index (χ4v) is 1.69. The third-order valence-corrected chi connectivity index (χ3v) is 2.68. The van der Waals surface area contributed by atoms with Crippen molar-refractivity contribution in [3.05, 3.63) is 0 Å². The molecule has 0 aliphatic heterocycles. The van der Waals surface area contributed by atoms with Crippen molar-refractivity contribution < 1.29 is 66.5 Å². The van der Waals surface area contributed by atoms with Crippen LogP contribution in [0.25, 0.3) is 0 Å². The van der Waals surface area contributed by atoms with Gasteiger partial charge in [0.25, 0.3) is 20.2 Å². The van der Waals surface area contributed by atoms with Crippen LogP contribution in [0.5, 0.6) is 0 Å². The van der Waals surface area contributed by atoms with E-state index in [1.165, 1.54) is 0 Å². The molecule has 11 heavy (non-hydrogen) atoms. The average molecular weight is 192 g/mol. The van der Waals surface area contributed by atoms with Crippen molar-refractivity contribution >= 4 is 20.2 Å². The molecule has 0 rings (SSSR count). The van der Waals surface area contributed by atoms with Crippen LogP contribution in [0.15, 0.2) is 0 Å². The van der Waals surface area contributed by atoms with E-state index in [9.17, 15) is 16.8 Å². The monoisotopic (exact) mass is 192 g/mol. The molecule has 0 aromatic rings. The standard InChI is InChI=1S/CH4O6S2.2Li.2H/c2-8(3,4)1-9(5,6)7;;;;/h1H2,(H,2,3,4)(H,5,6,7);;;;/q;2*+1;2*-1. The minimum Gasteiger partial charge on any atom is -1.00 e. The second-order valence-electron chi connectivity index (χ2n) is 1.28. The first-order valence-electron chi connectivity index (χ1n) is 1.61. The van der Waals surface area contributed by atoms with Gasteiger partial charge in [-0.2, -0.15) is 16.8 Å². The number of hydrogen-bond donors (Lipinski definition) is 2. The van der Waals surface area contributed by atoms with Crippen LogP contribution in [0.3, 0.4) is 0 Å². The molecule has 0 saturated heterocycles. The van der Waals surface area contributed by atoms with Crippen molar-refractivity contribution in [2.24, 2.45) is 0 Å². The zero-order valence-corrected chi connectivity index (χ0v) is 7.68. The van der Waals surface area contributed by atoms with Gasteiger partial charge in [-0.05, 0) is 0 Å². The predicted octanol–water partition coefficient (Wildman–Crippen LogP) is -7.05. The Hall–Kier alpha value is 1.01. The normalized spacial score (nSPS) is 11.1. The first kappa shape index (κ1) is 17.9. The molecule has 0 aromatic heterocycles.